The lowest BCUT2D eigenvalue weighted by Crippen LogP contribution is -2.41. The van der Waals surface area contributed by atoms with E-state index in [1.807, 2.05) is 18.2 Å². The van der Waals surface area contributed by atoms with Gasteiger partial charge in [0.05, 0.1) is 16.8 Å². The summed E-state index contributed by atoms with van der Waals surface area (Å²) in [7, 11) is 0. The molecule has 0 bridgehead atoms. The lowest BCUT2D eigenvalue weighted by atomic mass is 9.65. The Morgan fingerprint density at radius 2 is 1.38 bits per heavy atom. The smallest absolute Gasteiger partial charge is 0.0901 e. The fourth-order valence-electron chi connectivity index (χ4n) is 7.11. The maximum Gasteiger partial charge on any atom is 0.0901 e. The predicted octanol–water partition coefficient (Wildman–Crippen LogP) is 8.23. The van der Waals surface area contributed by atoms with Crippen LogP contribution in [0.3, 0.4) is 0 Å². The average Bonchev–Trinajstić information content (AvgIpc) is 3.35. The Morgan fingerprint density at radius 1 is 0.738 bits per heavy atom. The monoisotopic (exact) mass is 541 g/mol. The maximum absolute atomic E-state index is 6.51. The summed E-state index contributed by atoms with van der Waals surface area (Å²) in [6.45, 7) is 0.810. The van der Waals surface area contributed by atoms with Gasteiger partial charge in [0.2, 0.25) is 0 Å². The van der Waals surface area contributed by atoms with E-state index in [0.29, 0.717) is 0 Å². The molecule has 5 aromatic carbocycles. The zero-order chi connectivity index (χ0) is 28.1. The molecule has 0 atom stereocenters. The molecule has 1 spiro atoms. The van der Waals surface area contributed by atoms with Crippen LogP contribution in [0.25, 0.3) is 11.3 Å². The van der Waals surface area contributed by atoms with Crippen molar-refractivity contribution >= 4 is 28.3 Å². The molecule has 2 aliphatic heterocycles. The fourth-order valence-corrected chi connectivity index (χ4v) is 7.11. The van der Waals surface area contributed by atoms with E-state index in [9.17, 15) is 0 Å². The van der Waals surface area contributed by atoms with Crippen molar-refractivity contribution in [2.75, 3.05) is 11.4 Å². The Bertz CT molecular complexity index is 1870. The van der Waals surface area contributed by atoms with E-state index in [1.165, 1.54) is 50.5 Å². The molecule has 0 amide bonds. The topological polar surface area (TPSA) is 41.3 Å². The molecule has 3 N–H and O–H groups in total. The summed E-state index contributed by atoms with van der Waals surface area (Å²) >= 11 is 0. The predicted molar refractivity (Wildman–Crippen MR) is 174 cm³/mol. The van der Waals surface area contributed by atoms with Crippen molar-refractivity contribution in [1.82, 2.24) is 5.32 Å². The standard InChI is InChI=1S/C39H31N3/c40-35(28-12-3-1-4-13-28)24-22-27-21-23-30-31-16-11-25-41-38(31)39(34(30)26-27)32-17-7-9-19-36(32)42(29-14-5-2-6-15-29)37-20-10-8-18-33(37)39/h1-21,23-24,26,41H,22,25,40H2/b35-24-. The van der Waals surface area contributed by atoms with Crippen LogP contribution in [0.4, 0.5) is 17.1 Å². The van der Waals surface area contributed by atoms with Crippen molar-refractivity contribution in [2.45, 2.75) is 11.8 Å². The van der Waals surface area contributed by atoms with Crippen molar-refractivity contribution in [3.8, 4) is 0 Å². The van der Waals surface area contributed by atoms with Gasteiger partial charge < -0.3 is 16.0 Å². The van der Waals surface area contributed by atoms with Crippen LogP contribution in [0.5, 0.6) is 0 Å². The second-order valence-corrected chi connectivity index (χ2v) is 11.1. The molecule has 1 aliphatic carbocycles. The summed E-state index contributed by atoms with van der Waals surface area (Å²) in [5.41, 5.74) is 20.5. The molecule has 2 heterocycles. The quantitative estimate of drug-likeness (QED) is 0.241. The summed E-state index contributed by atoms with van der Waals surface area (Å²) in [5, 5.41) is 3.86. The van der Waals surface area contributed by atoms with Gasteiger partial charge in [0.1, 0.15) is 0 Å². The van der Waals surface area contributed by atoms with E-state index < -0.39 is 5.41 Å². The highest BCUT2D eigenvalue weighted by atomic mass is 15.2. The Balaban J connectivity index is 1.37. The van der Waals surface area contributed by atoms with Gasteiger partial charge in [-0.05, 0) is 64.1 Å². The first-order valence-corrected chi connectivity index (χ1v) is 14.6. The molecule has 5 aromatic rings. The third-order valence-corrected chi connectivity index (χ3v) is 8.88. The Hall–Kier alpha value is -5.28. The molecule has 42 heavy (non-hydrogen) atoms. The van der Waals surface area contributed by atoms with E-state index in [0.717, 1.165) is 29.9 Å². The van der Waals surface area contributed by atoms with Crippen molar-refractivity contribution in [2.24, 2.45) is 5.73 Å². The molecule has 8 rings (SSSR count). The summed E-state index contributed by atoms with van der Waals surface area (Å²) in [4.78, 5) is 2.42. The molecule has 202 valence electrons. The normalized spacial score (nSPS) is 16.0. The largest absolute Gasteiger partial charge is 0.398 e. The van der Waals surface area contributed by atoms with Crippen LogP contribution in [-0.4, -0.2) is 6.54 Å². The summed E-state index contributed by atoms with van der Waals surface area (Å²) in [6, 6.07) is 45.8. The van der Waals surface area contributed by atoms with E-state index in [4.69, 9.17) is 5.73 Å². The van der Waals surface area contributed by atoms with Crippen LogP contribution in [0.1, 0.15) is 33.4 Å². The van der Waals surface area contributed by atoms with Gasteiger partial charge in [-0.3, -0.25) is 0 Å². The Morgan fingerprint density at radius 3 is 2.10 bits per heavy atom. The molecule has 3 aliphatic rings. The van der Waals surface area contributed by atoms with Crippen molar-refractivity contribution < 1.29 is 0 Å². The first-order chi connectivity index (χ1) is 20.8. The summed E-state index contributed by atoms with van der Waals surface area (Å²) in [6.07, 6.45) is 7.44. The lowest BCUT2D eigenvalue weighted by Gasteiger charge is -2.46. The van der Waals surface area contributed by atoms with Gasteiger partial charge in [0.25, 0.3) is 0 Å². The van der Waals surface area contributed by atoms with E-state index in [2.05, 4.69) is 138 Å². The van der Waals surface area contributed by atoms with Crippen molar-refractivity contribution in [1.29, 1.82) is 0 Å². The van der Waals surface area contributed by atoms with Gasteiger partial charge in [-0.1, -0.05) is 121 Å². The van der Waals surface area contributed by atoms with Gasteiger partial charge in [0.15, 0.2) is 0 Å². The summed E-state index contributed by atoms with van der Waals surface area (Å²) in [5.74, 6) is 0. The van der Waals surface area contributed by atoms with Crippen molar-refractivity contribution in [3.05, 3.63) is 185 Å². The minimum Gasteiger partial charge on any atom is -0.398 e. The second kappa shape index (κ2) is 9.67. The molecular formula is C39H31N3. The van der Waals surface area contributed by atoms with E-state index in [1.54, 1.807) is 0 Å². The zero-order valence-corrected chi connectivity index (χ0v) is 23.3. The Labute approximate surface area is 247 Å². The van der Waals surface area contributed by atoms with Gasteiger partial charge >= 0.3 is 0 Å². The van der Waals surface area contributed by atoms with Gasteiger partial charge in [-0.25, -0.2) is 0 Å². The van der Waals surface area contributed by atoms with Crippen LogP contribution >= 0.6 is 0 Å². The number of nitrogens with two attached hydrogens (primary N) is 1. The fraction of sp³-hybridized carbons (Fsp3) is 0.0769. The maximum atomic E-state index is 6.51. The van der Waals surface area contributed by atoms with Crippen LogP contribution in [-0.2, 0) is 11.8 Å². The first kappa shape index (κ1) is 24.5. The number of nitrogens with one attached hydrogen (secondary N) is 1. The average molecular weight is 542 g/mol. The molecule has 3 heteroatoms. The number of hydrogen-bond donors (Lipinski definition) is 2. The van der Waals surface area contributed by atoms with Gasteiger partial charge in [-0.2, -0.15) is 0 Å². The number of hydrogen-bond acceptors (Lipinski definition) is 3. The molecular weight excluding hydrogens is 510 g/mol. The molecule has 0 saturated carbocycles. The molecule has 3 nitrogen and oxygen atoms in total. The number of anilines is 3. The first-order valence-electron chi connectivity index (χ1n) is 14.6. The number of nitrogens with zero attached hydrogens (tertiary/aromatic N) is 1. The highest BCUT2D eigenvalue weighted by Crippen LogP contribution is 2.62. The molecule has 0 radical (unpaired) electrons. The SMILES string of the molecule is N/C(=C\Cc1ccc2c(c1)C1(C3=C2C=CCN3)c2ccccc2N(c2ccccc2)c2ccccc21)c1ccccc1. The molecule has 0 saturated heterocycles. The number of dihydropyridines is 1. The Kier molecular flexibility index (Phi) is 5.65. The number of allylic oxidation sites excluding steroid dienone is 4. The van der Waals surface area contributed by atoms with Crippen LogP contribution in [0, 0.1) is 0 Å². The minimum absolute atomic E-state index is 0.460. The number of rotatable bonds is 4. The van der Waals surface area contributed by atoms with E-state index in [-0.39, 0.29) is 0 Å². The highest BCUT2D eigenvalue weighted by molar-refractivity contribution is 5.97. The zero-order valence-electron chi connectivity index (χ0n) is 23.3. The molecule has 0 fully saturated rings. The minimum atomic E-state index is -0.460. The number of benzene rings is 5. The lowest BCUT2D eigenvalue weighted by molar-refractivity contribution is 0.658. The van der Waals surface area contributed by atoms with Crippen molar-refractivity contribution in [3.63, 3.8) is 0 Å². The van der Waals surface area contributed by atoms with Crippen LogP contribution < -0.4 is 16.0 Å². The number of fused-ring (bicyclic) bond motifs is 8. The van der Waals surface area contributed by atoms with Crippen LogP contribution in [0.15, 0.2) is 151 Å². The third-order valence-electron chi connectivity index (χ3n) is 8.88. The van der Waals surface area contributed by atoms with Gasteiger partial charge in [0, 0.05) is 29.2 Å². The molecule has 0 unspecified atom stereocenters. The second-order valence-electron chi connectivity index (χ2n) is 11.1. The van der Waals surface area contributed by atoms with Gasteiger partial charge in [-0.15, -0.1) is 0 Å². The highest BCUT2D eigenvalue weighted by Gasteiger charge is 2.53. The van der Waals surface area contributed by atoms with Crippen LogP contribution in [0.2, 0.25) is 0 Å². The van der Waals surface area contributed by atoms with E-state index >= 15 is 0 Å². The molecule has 0 aromatic heterocycles. The third kappa shape index (κ3) is 3.53. The summed E-state index contributed by atoms with van der Waals surface area (Å²) < 4.78 is 0. The number of para-hydroxylation sites is 3.